The number of aromatic nitrogens is 3. The Kier molecular flexibility index (Phi) is 5.97. The average Bonchev–Trinajstić information content (AvgIpc) is 3.63. The summed E-state index contributed by atoms with van der Waals surface area (Å²) in [7, 11) is -3.24. The maximum absolute atomic E-state index is 12.0. The summed E-state index contributed by atoms with van der Waals surface area (Å²) in [5, 5.41) is 0. The monoisotopic (exact) mass is 555 g/mol. The van der Waals surface area contributed by atoms with Gasteiger partial charge in [0, 0.05) is 67.6 Å². The predicted octanol–water partition coefficient (Wildman–Crippen LogP) is 5.34. The molecule has 4 heterocycles. The zero-order valence-electron chi connectivity index (χ0n) is 23.8. The van der Waals surface area contributed by atoms with E-state index in [0.29, 0.717) is 22.4 Å². The number of sulfone groups is 1. The highest BCUT2D eigenvalue weighted by molar-refractivity contribution is 7.90. The Balaban J connectivity index is 1.13. The Bertz CT molecular complexity index is 1690. The number of hydrogen-bond acceptors (Lipinski definition) is 6. The maximum atomic E-state index is 12.0. The number of pyridine rings is 1. The highest BCUT2D eigenvalue weighted by Gasteiger charge is 2.51. The van der Waals surface area contributed by atoms with Crippen LogP contribution < -0.4 is 0 Å². The van der Waals surface area contributed by atoms with Gasteiger partial charge >= 0.3 is 0 Å². The summed E-state index contributed by atoms with van der Waals surface area (Å²) < 4.78 is 26.2. The van der Waals surface area contributed by atoms with Crippen LogP contribution in [0.3, 0.4) is 0 Å². The van der Waals surface area contributed by atoms with Crippen molar-refractivity contribution < 1.29 is 8.42 Å². The minimum atomic E-state index is -3.24. The smallest absolute Gasteiger partial charge is 0.175 e. The number of benzene rings is 2. The van der Waals surface area contributed by atoms with E-state index in [2.05, 4.69) is 65.5 Å². The van der Waals surface area contributed by atoms with Crippen LogP contribution in [0.1, 0.15) is 43.9 Å². The van der Waals surface area contributed by atoms with Crippen LogP contribution >= 0.6 is 0 Å². The molecule has 2 saturated heterocycles. The van der Waals surface area contributed by atoms with Gasteiger partial charge in [0.2, 0.25) is 0 Å². The molecular formula is C32H37N5O2S. The van der Waals surface area contributed by atoms with Crippen LogP contribution in [0, 0.1) is 12.3 Å². The normalized spacial score (nSPS) is 19.3. The second-order valence-electron chi connectivity index (χ2n) is 12.7. The van der Waals surface area contributed by atoms with Gasteiger partial charge in [-0.3, -0.25) is 9.80 Å². The first-order valence-electron chi connectivity index (χ1n) is 14.3. The molecule has 8 heteroatoms. The number of hydrogen-bond donors (Lipinski definition) is 0. The van der Waals surface area contributed by atoms with Crippen LogP contribution in [0.4, 0.5) is 0 Å². The summed E-state index contributed by atoms with van der Waals surface area (Å²) in [6, 6.07) is 19.1. The van der Waals surface area contributed by atoms with Crippen LogP contribution in [0.2, 0.25) is 0 Å². The van der Waals surface area contributed by atoms with Gasteiger partial charge in [-0.25, -0.2) is 18.4 Å². The third-order valence-corrected chi connectivity index (χ3v) is 10.0. The fourth-order valence-corrected chi connectivity index (χ4v) is 7.16. The van der Waals surface area contributed by atoms with E-state index in [9.17, 15) is 8.42 Å². The molecule has 0 amide bonds. The molecule has 1 saturated carbocycles. The molecule has 0 unspecified atom stereocenters. The molecule has 0 atom stereocenters. The Morgan fingerprint density at radius 3 is 2.17 bits per heavy atom. The van der Waals surface area contributed by atoms with E-state index in [1.807, 2.05) is 12.1 Å². The van der Waals surface area contributed by atoms with Crippen molar-refractivity contribution in [1.29, 1.82) is 0 Å². The molecular weight excluding hydrogens is 518 g/mol. The third-order valence-electron chi connectivity index (χ3n) is 8.87. The van der Waals surface area contributed by atoms with E-state index >= 15 is 0 Å². The fraction of sp³-hybridized carbons (Fsp3) is 0.438. The minimum Gasteiger partial charge on any atom is -0.306 e. The average molecular weight is 556 g/mol. The minimum absolute atomic E-state index is 0.319. The highest BCUT2D eigenvalue weighted by Crippen LogP contribution is 2.43. The lowest BCUT2D eigenvalue weighted by Gasteiger charge is -2.61. The molecule has 0 radical (unpaired) electrons. The Morgan fingerprint density at radius 1 is 0.925 bits per heavy atom. The van der Waals surface area contributed by atoms with E-state index in [1.165, 1.54) is 38.0 Å². The van der Waals surface area contributed by atoms with Crippen molar-refractivity contribution in [3.63, 3.8) is 0 Å². The summed E-state index contributed by atoms with van der Waals surface area (Å²) in [6.07, 6.45) is 3.44. The molecule has 3 aliphatic rings. The number of nitrogens with zero attached hydrogens (tertiary/aromatic N) is 5. The topological polar surface area (TPSA) is 71.3 Å². The molecule has 3 fully saturated rings. The van der Waals surface area contributed by atoms with E-state index < -0.39 is 9.84 Å². The molecule has 2 aromatic carbocycles. The molecule has 208 valence electrons. The summed E-state index contributed by atoms with van der Waals surface area (Å²) in [5.41, 5.74) is 7.79. The highest BCUT2D eigenvalue weighted by atomic mass is 32.2. The Labute approximate surface area is 236 Å². The Morgan fingerprint density at radius 2 is 1.57 bits per heavy atom. The number of imidazole rings is 1. The summed E-state index contributed by atoms with van der Waals surface area (Å²) in [6.45, 7) is 12.6. The van der Waals surface area contributed by atoms with E-state index in [-0.39, 0.29) is 0 Å². The van der Waals surface area contributed by atoms with Gasteiger partial charge in [0.25, 0.3) is 0 Å². The number of aryl methyl sites for hydroxylation is 1. The summed E-state index contributed by atoms with van der Waals surface area (Å²) >= 11 is 0. The van der Waals surface area contributed by atoms with Crippen LogP contribution in [0.15, 0.2) is 59.5 Å². The quantitative estimate of drug-likeness (QED) is 0.307. The van der Waals surface area contributed by atoms with Crippen LogP contribution in [0.25, 0.3) is 33.8 Å². The van der Waals surface area contributed by atoms with Gasteiger partial charge in [-0.15, -0.1) is 0 Å². The molecule has 2 aliphatic heterocycles. The van der Waals surface area contributed by atoms with E-state index in [0.717, 1.165) is 58.8 Å². The third kappa shape index (κ3) is 4.56. The second kappa shape index (κ2) is 9.23. The van der Waals surface area contributed by atoms with Crippen molar-refractivity contribution in [3.05, 3.63) is 65.7 Å². The molecule has 7 rings (SSSR count). The molecule has 0 bridgehead atoms. The van der Waals surface area contributed by atoms with E-state index in [1.54, 1.807) is 12.1 Å². The van der Waals surface area contributed by atoms with Gasteiger partial charge in [0.05, 0.1) is 10.6 Å². The largest absolute Gasteiger partial charge is 0.306 e. The predicted molar refractivity (Wildman–Crippen MR) is 159 cm³/mol. The lowest BCUT2D eigenvalue weighted by Crippen LogP contribution is -2.72. The zero-order valence-corrected chi connectivity index (χ0v) is 24.6. The van der Waals surface area contributed by atoms with Gasteiger partial charge < -0.3 is 4.57 Å². The first-order chi connectivity index (χ1) is 19.1. The lowest BCUT2D eigenvalue weighted by atomic mass is 9.72. The molecule has 7 nitrogen and oxygen atoms in total. The van der Waals surface area contributed by atoms with Gasteiger partial charge in [0.1, 0.15) is 11.3 Å². The standard InChI is InChI=1S/C32H37N5O2S/c1-21(2)36-19-32(20-36)17-35(18-32)16-23-5-7-24(8-6-23)28-15-22(3)29-31(33-28)37(26-11-12-26)30(34-29)25-9-13-27(14-10-25)40(4,38)39/h5-10,13-15,21,26H,11-12,16-20H2,1-4H3. The van der Waals surface area contributed by atoms with Crippen molar-refractivity contribution >= 4 is 21.0 Å². The maximum Gasteiger partial charge on any atom is 0.175 e. The van der Waals surface area contributed by atoms with Crippen molar-refractivity contribution in [1.82, 2.24) is 24.3 Å². The first kappa shape index (κ1) is 25.9. The van der Waals surface area contributed by atoms with Crippen molar-refractivity contribution in [2.45, 2.75) is 57.1 Å². The van der Waals surface area contributed by atoms with E-state index in [4.69, 9.17) is 9.97 Å². The molecule has 40 heavy (non-hydrogen) atoms. The van der Waals surface area contributed by atoms with Gasteiger partial charge in [-0.05, 0) is 75.1 Å². The molecule has 4 aromatic rings. The SMILES string of the molecule is Cc1cc(-c2ccc(CN3CC4(C3)CN(C(C)C)C4)cc2)nc2c1nc(-c1ccc(S(C)(=O)=O)cc1)n2C1CC1. The van der Waals surface area contributed by atoms with Gasteiger partial charge in [-0.1, -0.05) is 24.3 Å². The zero-order chi connectivity index (χ0) is 27.8. The second-order valence-corrected chi connectivity index (χ2v) is 14.7. The van der Waals surface area contributed by atoms with Crippen LogP contribution in [-0.2, 0) is 16.4 Å². The van der Waals surface area contributed by atoms with Gasteiger partial charge in [0.15, 0.2) is 15.5 Å². The van der Waals surface area contributed by atoms with Crippen LogP contribution in [0.5, 0.6) is 0 Å². The first-order valence-corrected chi connectivity index (χ1v) is 16.2. The number of likely N-dealkylation sites (tertiary alicyclic amines) is 2. The summed E-state index contributed by atoms with van der Waals surface area (Å²) in [5.74, 6) is 0.857. The number of rotatable bonds is 7. The van der Waals surface area contributed by atoms with Crippen molar-refractivity contribution in [3.8, 4) is 22.6 Å². The number of fused-ring (bicyclic) bond motifs is 1. The molecule has 1 spiro atoms. The van der Waals surface area contributed by atoms with Crippen molar-refractivity contribution in [2.24, 2.45) is 5.41 Å². The molecule has 2 aromatic heterocycles. The van der Waals surface area contributed by atoms with Gasteiger partial charge in [-0.2, -0.15) is 0 Å². The van der Waals surface area contributed by atoms with Crippen molar-refractivity contribution in [2.75, 3.05) is 32.4 Å². The molecule has 1 aliphatic carbocycles. The fourth-order valence-electron chi connectivity index (χ4n) is 6.53. The molecule has 0 N–H and O–H groups in total. The summed E-state index contributed by atoms with van der Waals surface area (Å²) in [4.78, 5) is 15.6. The lowest BCUT2D eigenvalue weighted by molar-refractivity contribution is -0.128. The Hall–Kier alpha value is -3.07. The van der Waals surface area contributed by atoms with Crippen LogP contribution in [-0.4, -0.2) is 71.2 Å².